The molecular weight excluding hydrogens is 254 g/mol. The van der Waals surface area contributed by atoms with Gasteiger partial charge in [-0.15, -0.1) is 0 Å². The van der Waals surface area contributed by atoms with Crippen molar-refractivity contribution in [1.29, 1.82) is 5.26 Å². The lowest BCUT2D eigenvalue weighted by Gasteiger charge is -2.18. The monoisotopic (exact) mass is 271 g/mol. The number of carbonyl (C=O) groups is 1. The maximum atomic E-state index is 12.1. The van der Waals surface area contributed by atoms with E-state index in [1.54, 1.807) is 17.0 Å². The highest BCUT2D eigenvalue weighted by Crippen LogP contribution is 2.04. The third-order valence-corrected chi connectivity index (χ3v) is 2.61. The number of rotatable bonds is 5. The third kappa shape index (κ3) is 4.72. The largest absolute Gasteiger partial charge is 0.395 e. The molecule has 1 amide bonds. The van der Waals surface area contributed by atoms with E-state index < -0.39 is 0 Å². The highest BCUT2D eigenvalue weighted by atomic mass is 16.2. The average molecular weight is 271 g/mol. The molecule has 0 spiro atoms. The van der Waals surface area contributed by atoms with Gasteiger partial charge in [-0.2, -0.15) is 5.26 Å². The molecule has 1 heterocycles. The summed E-state index contributed by atoms with van der Waals surface area (Å²) in [6.07, 6.45) is 2.26. The molecule has 0 fully saturated rings. The number of aliphatic hydroxyl groups is 1. The van der Waals surface area contributed by atoms with E-state index in [1.807, 2.05) is 13.0 Å². The number of nitrogens with zero attached hydrogens (tertiary/aromatic N) is 3. The Labute approximate surface area is 118 Å². The smallest absolute Gasteiger partial charge is 0.272 e. The van der Waals surface area contributed by atoms with Gasteiger partial charge in [0.05, 0.1) is 19.1 Å². The van der Waals surface area contributed by atoms with Gasteiger partial charge in [-0.25, -0.2) is 4.98 Å². The van der Waals surface area contributed by atoms with E-state index in [0.717, 1.165) is 0 Å². The summed E-state index contributed by atoms with van der Waals surface area (Å²) in [6, 6.07) is 5.37. The van der Waals surface area contributed by atoms with Crippen molar-refractivity contribution < 1.29 is 9.90 Å². The quantitative estimate of drug-likeness (QED) is 0.816. The van der Waals surface area contributed by atoms with Crippen LogP contribution in [0.4, 0.5) is 0 Å². The first-order chi connectivity index (χ1) is 9.72. The molecule has 0 aliphatic rings. The Hall–Kier alpha value is -2.37. The molecule has 1 aromatic heterocycles. The predicted molar refractivity (Wildman–Crippen MR) is 74.6 cm³/mol. The summed E-state index contributed by atoms with van der Waals surface area (Å²) < 4.78 is 0. The van der Waals surface area contributed by atoms with Crippen LogP contribution in [0.25, 0.3) is 0 Å². The van der Waals surface area contributed by atoms with Gasteiger partial charge in [0, 0.05) is 31.3 Å². The zero-order valence-corrected chi connectivity index (χ0v) is 11.5. The molecule has 104 valence electrons. The minimum Gasteiger partial charge on any atom is -0.395 e. The zero-order chi connectivity index (χ0) is 14.8. The van der Waals surface area contributed by atoms with Gasteiger partial charge < -0.3 is 10.0 Å². The highest BCUT2D eigenvalue weighted by Gasteiger charge is 2.14. The first kappa shape index (κ1) is 15.7. The van der Waals surface area contributed by atoms with Gasteiger partial charge in [0.15, 0.2) is 0 Å². The van der Waals surface area contributed by atoms with Crippen molar-refractivity contribution >= 4 is 5.91 Å². The fourth-order valence-corrected chi connectivity index (χ4v) is 1.57. The normalized spacial score (nSPS) is 9.25. The molecule has 0 radical (unpaired) electrons. The van der Waals surface area contributed by atoms with E-state index in [0.29, 0.717) is 37.2 Å². The summed E-state index contributed by atoms with van der Waals surface area (Å²) in [6.45, 7) is 2.84. The highest BCUT2D eigenvalue weighted by molar-refractivity contribution is 5.92. The van der Waals surface area contributed by atoms with Crippen LogP contribution in [0.15, 0.2) is 18.3 Å². The van der Waals surface area contributed by atoms with E-state index in [4.69, 9.17) is 10.4 Å². The molecule has 0 aliphatic heterocycles. The van der Waals surface area contributed by atoms with Crippen molar-refractivity contribution in [3.05, 3.63) is 29.6 Å². The van der Waals surface area contributed by atoms with Crippen molar-refractivity contribution in [2.24, 2.45) is 0 Å². The molecular formula is C15H17N3O2. The van der Waals surface area contributed by atoms with Crippen molar-refractivity contribution in [2.75, 3.05) is 19.7 Å². The number of carbonyl (C=O) groups excluding carboxylic acids is 1. The van der Waals surface area contributed by atoms with Gasteiger partial charge in [-0.1, -0.05) is 11.8 Å². The lowest BCUT2D eigenvalue weighted by atomic mass is 10.2. The van der Waals surface area contributed by atoms with Crippen LogP contribution in [0, 0.1) is 23.2 Å². The summed E-state index contributed by atoms with van der Waals surface area (Å²) in [4.78, 5) is 17.8. The number of aromatic nitrogens is 1. The lowest BCUT2D eigenvalue weighted by molar-refractivity contribution is 0.0762. The molecule has 0 atom stereocenters. The first-order valence-electron chi connectivity index (χ1n) is 6.45. The Morgan fingerprint density at radius 1 is 1.45 bits per heavy atom. The minimum atomic E-state index is -0.183. The molecule has 1 rings (SSSR count). The number of aliphatic hydroxyl groups excluding tert-OH is 1. The van der Waals surface area contributed by atoms with Gasteiger partial charge in [-0.3, -0.25) is 4.79 Å². The van der Waals surface area contributed by atoms with E-state index in [9.17, 15) is 4.79 Å². The Bertz CT molecular complexity index is 535. The standard InChI is InChI=1S/C15H17N3O2/c1-2-18(10-5-9-16)15(20)14-8-7-13(12-17-14)6-3-4-11-19/h7-8,12,19H,2,4-5,10-11H2,1H3. The number of hydrogen-bond acceptors (Lipinski definition) is 4. The van der Waals surface area contributed by atoms with Crippen molar-refractivity contribution in [2.45, 2.75) is 19.8 Å². The van der Waals surface area contributed by atoms with E-state index >= 15 is 0 Å². The second-order valence-electron chi connectivity index (χ2n) is 4.00. The Balaban J connectivity index is 2.75. The van der Waals surface area contributed by atoms with Gasteiger partial charge >= 0.3 is 0 Å². The predicted octanol–water partition coefficient (Wildman–Crippen LogP) is 1.19. The van der Waals surface area contributed by atoms with Gasteiger partial charge in [0.25, 0.3) is 5.91 Å². The van der Waals surface area contributed by atoms with E-state index in [2.05, 4.69) is 16.8 Å². The fourth-order valence-electron chi connectivity index (χ4n) is 1.57. The second-order valence-corrected chi connectivity index (χ2v) is 4.00. The summed E-state index contributed by atoms with van der Waals surface area (Å²) in [5, 5.41) is 17.2. The molecule has 0 aliphatic carbocycles. The summed E-state index contributed by atoms with van der Waals surface area (Å²) in [5.74, 6) is 5.46. The van der Waals surface area contributed by atoms with Gasteiger partial charge in [0.2, 0.25) is 0 Å². The van der Waals surface area contributed by atoms with Crippen molar-refractivity contribution in [1.82, 2.24) is 9.88 Å². The Morgan fingerprint density at radius 2 is 2.25 bits per heavy atom. The number of amides is 1. The van der Waals surface area contributed by atoms with Gasteiger partial charge in [-0.05, 0) is 19.1 Å². The van der Waals surface area contributed by atoms with Gasteiger partial charge in [0.1, 0.15) is 5.69 Å². The lowest BCUT2D eigenvalue weighted by Crippen LogP contribution is -2.32. The average Bonchev–Trinajstić information content (AvgIpc) is 2.49. The minimum absolute atomic E-state index is 0.0291. The molecule has 0 bridgehead atoms. The van der Waals surface area contributed by atoms with E-state index in [-0.39, 0.29) is 12.5 Å². The summed E-state index contributed by atoms with van der Waals surface area (Å²) in [5.41, 5.74) is 1.05. The maximum absolute atomic E-state index is 12.1. The topological polar surface area (TPSA) is 77.2 Å². The molecule has 1 aromatic rings. The maximum Gasteiger partial charge on any atom is 0.272 e. The fraction of sp³-hybridized carbons (Fsp3) is 0.400. The van der Waals surface area contributed by atoms with Crippen LogP contribution in [0.1, 0.15) is 35.8 Å². The molecule has 5 nitrogen and oxygen atoms in total. The Kier molecular flexibility index (Phi) is 6.81. The Morgan fingerprint density at radius 3 is 2.80 bits per heavy atom. The van der Waals surface area contributed by atoms with Crippen LogP contribution in [0.3, 0.4) is 0 Å². The molecule has 1 N–H and O–H groups in total. The van der Waals surface area contributed by atoms with E-state index in [1.165, 1.54) is 6.20 Å². The second kappa shape index (κ2) is 8.68. The first-order valence-corrected chi connectivity index (χ1v) is 6.45. The number of pyridine rings is 1. The van der Waals surface area contributed by atoms with Crippen molar-refractivity contribution in [3.8, 4) is 17.9 Å². The van der Waals surface area contributed by atoms with Crippen LogP contribution < -0.4 is 0 Å². The summed E-state index contributed by atoms with van der Waals surface area (Å²) in [7, 11) is 0. The van der Waals surface area contributed by atoms with Crippen LogP contribution in [0.5, 0.6) is 0 Å². The van der Waals surface area contributed by atoms with Crippen LogP contribution in [-0.2, 0) is 0 Å². The molecule has 20 heavy (non-hydrogen) atoms. The molecule has 0 aromatic carbocycles. The van der Waals surface area contributed by atoms with Crippen LogP contribution in [-0.4, -0.2) is 40.6 Å². The third-order valence-electron chi connectivity index (χ3n) is 2.61. The summed E-state index contributed by atoms with van der Waals surface area (Å²) >= 11 is 0. The number of hydrogen-bond donors (Lipinski definition) is 1. The van der Waals surface area contributed by atoms with Crippen LogP contribution >= 0.6 is 0 Å². The molecule has 5 heteroatoms. The zero-order valence-electron chi connectivity index (χ0n) is 11.5. The molecule has 0 unspecified atom stereocenters. The van der Waals surface area contributed by atoms with Crippen molar-refractivity contribution in [3.63, 3.8) is 0 Å². The molecule has 0 saturated heterocycles. The molecule has 0 saturated carbocycles. The number of nitriles is 1. The van der Waals surface area contributed by atoms with Crippen LogP contribution in [0.2, 0.25) is 0 Å². The SMILES string of the molecule is CCN(CCC#N)C(=O)c1ccc(C#CCCO)cn1.